The van der Waals surface area contributed by atoms with Gasteiger partial charge in [0.15, 0.2) is 0 Å². The Hall–Kier alpha value is -2.08. The van der Waals surface area contributed by atoms with Crippen LogP contribution >= 0.6 is 0 Å². The van der Waals surface area contributed by atoms with Crippen LogP contribution in [0.4, 0.5) is 4.79 Å². The summed E-state index contributed by atoms with van der Waals surface area (Å²) in [5.74, 6) is -0.0932. The number of rotatable bonds is 8. The third-order valence-electron chi connectivity index (χ3n) is 4.56. The summed E-state index contributed by atoms with van der Waals surface area (Å²) in [4.78, 5) is 23.9. The van der Waals surface area contributed by atoms with E-state index in [9.17, 15) is 9.59 Å². The third kappa shape index (κ3) is 8.74. The molecule has 2 amide bonds. The van der Waals surface area contributed by atoms with Crippen LogP contribution in [0.2, 0.25) is 0 Å². The van der Waals surface area contributed by atoms with Crippen molar-refractivity contribution in [3.05, 3.63) is 35.4 Å². The van der Waals surface area contributed by atoms with Gasteiger partial charge < -0.3 is 20.1 Å². The highest BCUT2D eigenvalue weighted by molar-refractivity contribution is 5.94. The third-order valence-corrected chi connectivity index (χ3v) is 4.56. The summed E-state index contributed by atoms with van der Waals surface area (Å²) in [5, 5.41) is 5.63. The van der Waals surface area contributed by atoms with Gasteiger partial charge in [0.1, 0.15) is 5.60 Å². The Morgan fingerprint density at radius 1 is 1.04 bits per heavy atom. The Kier molecular flexibility index (Phi) is 8.77. The van der Waals surface area contributed by atoms with Gasteiger partial charge in [0.2, 0.25) is 0 Å². The Labute approximate surface area is 168 Å². The van der Waals surface area contributed by atoms with Crippen LogP contribution < -0.4 is 10.6 Å². The average Bonchev–Trinajstić information content (AvgIpc) is 2.66. The molecule has 6 heteroatoms. The summed E-state index contributed by atoms with van der Waals surface area (Å²) in [6, 6.07) is 7.19. The molecule has 1 aliphatic carbocycles. The molecule has 28 heavy (non-hydrogen) atoms. The first-order valence-corrected chi connectivity index (χ1v) is 10.3. The number of hydrogen-bond acceptors (Lipinski definition) is 4. The fraction of sp³-hybridized carbons (Fsp3) is 0.636. The molecule has 0 atom stereocenters. The summed E-state index contributed by atoms with van der Waals surface area (Å²) in [6.07, 6.45) is 6.97. The lowest BCUT2D eigenvalue weighted by molar-refractivity contribution is 0.0273. The fourth-order valence-electron chi connectivity index (χ4n) is 3.12. The lowest BCUT2D eigenvalue weighted by Gasteiger charge is -2.21. The number of benzene rings is 1. The van der Waals surface area contributed by atoms with E-state index < -0.39 is 11.7 Å². The summed E-state index contributed by atoms with van der Waals surface area (Å²) in [7, 11) is 0. The standard InChI is InChI=1S/C22H34N2O4/c1-22(2,3)28-21(26)24-16-17-10-12-18(13-11-17)20(25)23-14-7-15-27-19-8-5-4-6-9-19/h10-13,19H,4-9,14-16H2,1-3H3,(H,23,25)(H,24,26). The molecule has 2 rings (SSSR count). The van der Waals surface area contributed by atoms with Crippen LogP contribution in [0.5, 0.6) is 0 Å². The van der Waals surface area contributed by atoms with Crippen LogP contribution in [0.25, 0.3) is 0 Å². The molecule has 1 fully saturated rings. The maximum absolute atomic E-state index is 12.2. The molecule has 0 aromatic heterocycles. The van der Waals surface area contributed by atoms with E-state index in [1.165, 1.54) is 32.1 Å². The molecule has 1 aromatic carbocycles. The van der Waals surface area contributed by atoms with E-state index >= 15 is 0 Å². The maximum atomic E-state index is 12.2. The van der Waals surface area contributed by atoms with Crippen LogP contribution in [-0.2, 0) is 16.0 Å². The number of amides is 2. The van der Waals surface area contributed by atoms with Gasteiger partial charge in [-0.3, -0.25) is 4.79 Å². The highest BCUT2D eigenvalue weighted by Crippen LogP contribution is 2.20. The molecule has 0 spiro atoms. The summed E-state index contributed by atoms with van der Waals surface area (Å²) in [6.45, 7) is 7.12. The molecule has 0 unspecified atom stereocenters. The van der Waals surface area contributed by atoms with Crippen molar-refractivity contribution in [2.24, 2.45) is 0 Å². The lowest BCUT2D eigenvalue weighted by Crippen LogP contribution is -2.32. The second kappa shape index (κ2) is 11.1. The summed E-state index contributed by atoms with van der Waals surface area (Å²) < 4.78 is 11.1. The number of alkyl carbamates (subject to hydrolysis) is 1. The van der Waals surface area contributed by atoms with E-state index in [0.717, 1.165) is 12.0 Å². The van der Waals surface area contributed by atoms with E-state index in [0.29, 0.717) is 31.4 Å². The maximum Gasteiger partial charge on any atom is 0.407 e. The van der Waals surface area contributed by atoms with Crippen molar-refractivity contribution in [1.82, 2.24) is 10.6 Å². The molecule has 1 saturated carbocycles. The SMILES string of the molecule is CC(C)(C)OC(=O)NCc1ccc(C(=O)NCCCOC2CCCCC2)cc1. The van der Waals surface area contributed by atoms with Gasteiger partial charge >= 0.3 is 6.09 Å². The number of carbonyl (C=O) groups excluding carboxylic acids is 2. The van der Waals surface area contributed by atoms with Gasteiger partial charge in [0.05, 0.1) is 6.10 Å². The zero-order valence-electron chi connectivity index (χ0n) is 17.4. The lowest BCUT2D eigenvalue weighted by atomic mass is 9.98. The topological polar surface area (TPSA) is 76.7 Å². The molecular formula is C22H34N2O4. The Bertz CT molecular complexity index is 616. The predicted octanol–water partition coefficient (Wildman–Crippen LogP) is 4.18. The number of hydrogen-bond donors (Lipinski definition) is 2. The van der Waals surface area contributed by atoms with Gasteiger partial charge in [0.25, 0.3) is 5.91 Å². The highest BCUT2D eigenvalue weighted by Gasteiger charge is 2.16. The summed E-state index contributed by atoms with van der Waals surface area (Å²) in [5.41, 5.74) is 0.991. The van der Waals surface area contributed by atoms with Crippen LogP contribution in [0.3, 0.4) is 0 Å². The van der Waals surface area contributed by atoms with Crippen molar-refractivity contribution in [2.75, 3.05) is 13.2 Å². The van der Waals surface area contributed by atoms with E-state index in [-0.39, 0.29) is 5.91 Å². The first-order chi connectivity index (χ1) is 13.3. The van der Waals surface area contributed by atoms with Crippen LogP contribution in [0, 0.1) is 0 Å². The first kappa shape index (κ1) is 22.2. The van der Waals surface area contributed by atoms with E-state index in [2.05, 4.69) is 10.6 Å². The Balaban J connectivity index is 1.63. The van der Waals surface area contributed by atoms with E-state index in [4.69, 9.17) is 9.47 Å². The van der Waals surface area contributed by atoms with Crippen LogP contribution in [-0.4, -0.2) is 36.9 Å². The summed E-state index contributed by atoms with van der Waals surface area (Å²) >= 11 is 0. The van der Waals surface area contributed by atoms with Gasteiger partial charge in [-0.05, 0) is 57.7 Å². The van der Waals surface area contributed by atoms with Crippen molar-refractivity contribution in [1.29, 1.82) is 0 Å². The normalized spacial score (nSPS) is 15.1. The first-order valence-electron chi connectivity index (χ1n) is 10.3. The van der Waals surface area contributed by atoms with Crippen molar-refractivity contribution in [3.8, 4) is 0 Å². The van der Waals surface area contributed by atoms with Crippen molar-refractivity contribution >= 4 is 12.0 Å². The van der Waals surface area contributed by atoms with Crippen molar-refractivity contribution in [3.63, 3.8) is 0 Å². The second-order valence-corrected chi connectivity index (χ2v) is 8.29. The van der Waals surface area contributed by atoms with Crippen molar-refractivity contribution in [2.45, 2.75) is 77.5 Å². The largest absolute Gasteiger partial charge is 0.444 e. The molecule has 0 heterocycles. The molecule has 0 aliphatic heterocycles. The quantitative estimate of drug-likeness (QED) is 0.653. The fourth-order valence-corrected chi connectivity index (χ4v) is 3.12. The average molecular weight is 391 g/mol. The molecule has 6 nitrogen and oxygen atoms in total. The van der Waals surface area contributed by atoms with Crippen molar-refractivity contribution < 1.29 is 19.1 Å². The minimum Gasteiger partial charge on any atom is -0.444 e. The number of ether oxygens (including phenoxy) is 2. The van der Waals surface area contributed by atoms with Gasteiger partial charge in [0, 0.05) is 25.3 Å². The van der Waals surface area contributed by atoms with Gasteiger partial charge in [-0.25, -0.2) is 4.79 Å². The van der Waals surface area contributed by atoms with E-state index in [1.807, 2.05) is 32.9 Å². The smallest absolute Gasteiger partial charge is 0.407 e. The van der Waals surface area contributed by atoms with Crippen LogP contribution in [0.15, 0.2) is 24.3 Å². The molecule has 0 radical (unpaired) electrons. The second-order valence-electron chi connectivity index (χ2n) is 8.29. The molecule has 0 saturated heterocycles. The van der Waals surface area contributed by atoms with Gasteiger partial charge in [-0.1, -0.05) is 31.4 Å². The molecule has 1 aliphatic rings. The van der Waals surface area contributed by atoms with Gasteiger partial charge in [-0.15, -0.1) is 0 Å². The minimum atomic E-state index is -0.520. The molecule has 0 bridgehead atoms. The zero-order valence-corrected chi connectivity index (χ0v) is 17.4. The number of nitrogens with one attached hydrogen (secondary N) is 2. The minimum absolute atomic E-state index is 0.0932. The molecule has 2 N–H and O–H groups in total. The Morgan fingerprint density at radius 2 is 1.71 bits per heavy atom. The Morgan fingerprint density at radius 3 is 2.36 bits per heavy atom. The predicted molar refractivity (Wildman–Crippen MR) is 109 cm³/mol. The zero-order chi connectivity index (χ0) is 20.4. The monoisotopic (exact) mass is 390 g/mol. The van der Waals surface area contributed by atoms with E-state index in [1.54, 1.807) is 12.1 Å². The van der Waals surface area contributed by atoms with Crippen LogP contribution in [0.1, 0.15) is 75.2 Å². The molecule has 1 aromatic rings. The number of carbonyl (C=O) groups is 2. The molecule has 156 valence electrons. The molecular weight excluding hydrogens is 356 g/mol. The van der Waals surface area contributed by atoms with Gasteiger partial charge in [-0.2, -0.15) is 0 Å². The highest BCUT2D eigenvalue weighted by atomic mass is 16.6.